The second kappa shape index (κ2) is 7.63. The first-order valence-electron chi connectivity index (χ1n) is 6.21. The number of rotatable bonds is 4. The Morgan fingerprint density at radius 3 is 2.88 bits per heavy atom. The molecule has 0 radical (unpaired) electrons. The average molecular weight is 294 g/mol. The van der Waals surface area contributed by atoms with Gasteiger partial charge in [0.1, 0.15) is 0 Å². The summed E-state index contributed by atoms with van der Waals surface area (Å²) < 4.78 is 0.904. The standard InChI is InChI=1S/C13H20ClNS.ClH/c1-10-3-2-4-11(9-10)15-8-7-12-5-6-13(14)16-12;/h5-6,10-11,15H,2-4,7-9H2,1H3;1H. The quantitative estimate of drug-likeness (QED) is 0.860. The smallest absolute Gasteiger partial charge is 0.0931 e. The number of thiophene rings is 1. The molecular formula is C13H21Cl2NS. The molecule has 1 nitrogen and oxygen atoms in total. The highest BCUT2D eigenvalue weighted by molar-refractivity contribution is 7.16. The molecule has 1 heterocycles. The van der Waals surface area contributed by atoms with E-state index in [2.05, 4.69) is 18.3 Å². The minimum Gasteiger partial charge on any atom is -0.314 e. The van der Waals surface area contributed by atoms with Gasteiger partial charge in [-0.25, -0.2) is 0 Å². The largest absolute Gasteiger partial charge is 0.314 e. The molecule has 1 aliphatic carbocycles. The molecule has 0 aliphatic heterocycles. The van der Waals surface area contributed by atoms with E-state index in [1.165, 1.54) is 30.6 Å². The van der Waals surface area contributed by atoms with Gasteiger partial charge in [-0.3, -0.25) is 0 Å². The lowest BCUT2D eigenvalue weighted by molar-refractivity contribution is 0.303. The maximum Gasteiger partial charge on any atom is 0.0931 e. The first-order chi connectivity index (χ1) is 7.74. The minimum absolute atomic E-state index is 0. The third-order valence-electron chi connectivity index (χ3n) is 3.37. The van der Waals surface area contributed by atoms with Gasteiger partial charge in [0.25, 0.3) is 0 Å². The van der Waals surface area contributed by atoms with E-state index in [1.54, 1.807) is 11.3 Å². The Kier molecular flexibility index (Phi) is 6.86. The Morgan fingerprint density at radius 2 is 2.24 bits per heavy atom. The van der Waals surface area contributed by atoms with E-state index in [-0.39, 0.29) is 12.4 Å². The zero-order valence-corrected chi connectivity index (χ0v) is 12.6. The van der Waals surface area contributed by atoms with Crippen molar-refractivity contribution in [1.82, 2.24) is 5.32 Å². The van der Waals surface area contributed by atoms with E-state index in [9.17, 15) is 0 Å². The molecule has 1 aromatic heterocycles. The minimum atomic E-state index is 0. The fourth-order valence-electron chi connectivity index (χ4n) is 2.51. The SMILES string of the molecule is CC1CCCC(NCCc2ccc(Cl)s2)C1.Cl. The zero-order chi connectivity index (χ0) is 11.4. The maximum absolute atomic E-state index is 5.91. The van der Waals surface area contributed by atoms with Crippen molar-refractivity contribution in [3.8, 4) is 0 Å². The molecule has 1 fully saturated rings. The molecule has 0 spiro atoms. The summed E-state index contributed by atoms with van der Waals surface area (Å²) in [5.74, 6) is 0.905. The van der Waals surface area contributed by atoms with Crippen LogP contribution in [0.15, 0.2) is 12.1 Å². The Balaban J connectivity index is 0.00000144. The van der Waals surface area contributed by atoms with E-state index in [1.807, 2.05) is 6.07 Å². The average Bonchev–Trinajstić information content (AvgIpc) is 2.64. The summed E-state index contributed by atoms with van der Waals surface area (Å²) in [5, 5.41) is 3.67. The van der Waals surface area contributed by atoms with Gasteiger partial charge in [-0.05, 0) is 37.3 Å². The van der Waals surface area contributed by atoms with E-state index in [4.69, 9.17) is 11.6 Å². The second-order valence-corrected chi connectivity index (χ2v) is 6.68. The third-order valence-corrected chi connectivity index (χ3v) is 4.66. The van der Waals surface area contributed by atoms with Gasteiger partial charge in [-0.1, -0.05) is 31.4 Å². The Labute approximate surface area is 119 Å². The lowest BCUT2D eigenvalue weighted by Crippen LogP contribution is -2.34. The third kappa shape index (κ3) is 5.17. The van der Waals surface area contributed by atoms with Crippen LogP contribution in [0.5, 0.6) is 0 Å². The summed E-state index contributed by atoms with van der Waals surface area (Å²) in [7, 11) is 0. The fourth-order valence-corrected chi connectivity index (χ4v) is 3.59. The van der Waals surface area contributed by atoms with E-state index in [0.29, 0.717) is 0 Å². The van der Waals surface area contributed by atoms with Crippen molar-refractivity contribution in [2.45, 2.75) is 45.1 Å². The highest BCUT2D eigenvalue weighted by atomic mass is 35.5. The zero-order valence-electron chi connectivity index (χ0n) is 10.2. The van der Waals surface area contributed by atoms with Crippen molar-refractivity contribution in [2.24, 2.45) is 5.92 Å². The molecule has 2 rings (SSSR count). The summed E-state index contributed by atoms with van der Waals surface area (Å²) in [6.07, 6.45) is 6.63. The lowest BCUT2D eigenvalue weighted by Gasteiger charge is -2.27. The molecule has 17 heavy (non-hydrogen) atoms. The molecule has 1 aliphatic rings. The lowest BCUT2D eigenvalue weighted by atomic mass is 9.87. The van der Waals surface area contributed by atoms with Crippen molar-refractivity contribution >= 4 is 35.3 Å². The molecule has 98 valence electrons. The molecule has 1 aromatic rings. The van der Waals surface area contributed by atoms with E-state index < -0.39 is 0 Å². The van der Waals surface area contributed by atoms with Gasteiger partial charge in [0.2, 0.25) is 0 Å². The number of hydrogen-bond donors (Lipinski definition) is 1. The molecule has 2 atom stereocenters. The fraction of sp³-hybridized carbons (Fsp3) is 0.692. The van der Waals surface area contributed by atoms with Crippen LogP contribution >= 0.6 is 35.3 Å². The molecule has 4 heteroatoms. The topological polar surface area (TPSA) is 12.0 Å². The van der Waals surface area contributed by atoms with Crippen molar-refractivity contribution in [2.75, 3.05) is 6.54 Å². The van der Waals surface area contributed by atoms with Crippen LogP contribution in [0, 0.1) is 5.92 Å². The van der Waals surface area contributed by atoms with Crippen molar-refractivity contribution in [3.05, 3.63) is 21.3 Å². The van der Waals surface area contributed by atoms with Gasteiger partial charge in [-0.15, -0.1) is 23.7 Å². The summed E-state index contributed by atoms with van der Waals surface area (Å²) in [4.78, 5) is 1.39. The highest BCUT2D eigenvalue weighted by Crippen LogP contribution is 2.24. The van der Waals surface area contributed by atoms with Crippen LogP contribution in [0.2, 0.25) is 4.34 Å². The summed E-state index contributed by atoms with van der Waals surface area (Å²) in [6.45, 7) is 3.46. The predicted molar refractivity (Wildman–Crippen MR) is 79.7 cm³/mol. The molecule has 0 amide bonds. The monoisotopic (exact) mass is 293 g/mol. The summed E-state index contributed by atoms with van der Waals surface area (Å²) >= 11 is 7.61. The van der Waals surface area contributed by atoms with Crippen LogP contribution in [0.25, 0.3) is 0 Å². The highest BCUT2D eigenvalue weighted by Gasteiger charge is 2.17. The molecule has 2 unspecified atom stereocenters. The van der Waals surface area contributed by atoms with Gasteiger partial charge in [0.05, 0.1) is 4.34 Å². The van der Waals surface area contributed by atoms with Crippen LogP contribution in [0.3, 0.4) is 0 Å². The Morgan fingerprint density at radius 1 is 1.41 bits per heavy atom. The molecule has 0 aromatic carbocycles. The van der Waals surface area contributed by atoms with Crippen LogP contribution in [-0.4, -0.2) is 12.6 Å². The van der Waals surface area contributed by atoms with Crippen molar-refractivity contribution < 1.29 is 0 Å². The van der Waals surface area contributed by atoms with Gasteiger partial charge in [0.15, 0.2) is 0 Å². The van der Waals surface area contributed by atoms with E-state index >= 15 is 0 Å². The van der Waals surface area contributed by atoms with E-state index in [0.717, 1.165) is 29.3 Å². The predicted octanol–water partition coefficient (Wildman–Crippen LogP) is 4.53. The molecule has 1 N–H and O–H groups in total. The van der Waals surface area contributed by atoms with Gasteiger partial charge in [0, 0.05) is 17.5 Å². The number of nitrogens with one attached hydrogen (secondary N) is 1. The normalized spacial score (nSPS) is 24.4. The molecule has 0 saturated heterocycles. The Bertz CT molecular complexity index is 327. The summed E-state index contributed by atoms with van der Waals surface area (Å²) in [6, 6.07) is 4.88. The van der Waals surface area contributed by atoms with Crippen LogP contribution < -0.4 is 5.32 Å². The van der Waals surface area contributed by atoms with Crippen LogP contribution in [0.4, 0.5) is 0 Å². The summed E-state index contributed by atoms with van der Waals surface area (Å²) in [5.41, 5.74) is 0. The molecule has 1 saturated carbocycles. The maximum atomic E-state index is 5.91. The number of halogens is 2. The number of hydrogen-bond acceptors (Lipinski definition) is 2. The second-order valence-electron chi connectivity index (χ2n) is 4.88. The van der Waals surface area contributed by atoms with Gasteiger partial charge >= 0.3 is 0 Å². The Hall–Kier alpha value is 0.240. The van der Waals surface area contributed by atoms with Crippen molar-refractivity contribution in [1.29, 1.82) is 0 Å². The first kappa shape index (κ1) is 15.3. The van der Waals surface area contributed by atoms with Crippen molar-refractivity contribution in [3.63, 3.8) is 0 Å². The van der Waals surface area contributed by atoms with Gasteiger partial charge in [-0.2, -0.15) is 0 Å². The van der Waals surface area contributed by atoms with Gasteiger partial charge < -0.3 is 5.32 Å². The molecule has 0 bridgehead atoms. The van der Waals surface area contributed by atoms with Crippen LogP contribution in [0.1, 0.15) is 37.5 Å². The first-order valence-corrected chi connectivity index (χ1v) is 7.41. The van der Waals surface area contributed by atoms with Crippen LogP contribution in [-0.2, 0) is 6.42 Å². The molecular weight excluding hydrogens is 273 g/mol.